The van der Waals surface area contributed by atoms with Crippen molar-refractivity contribution in [3.8, 4) is 11.5 Å². The number of ether oxygens (including phenoxy) is 2. The molecule has 0 aliphatic carbocycles. The van der Waals surface area contributed by atoms with E-state index in [0.29, 0.717) is 13.1 Å². The molecule has 2 aromatic rings. The normalized spacial score (nSPS) is 14.9. The molecule has 154 valence electrons. The van der Waals surface area contributed by atoms with Crippen molar-refractivity contribution in [3.05, 3.63) is 58.1 Å². The molecule has 9 nitrogen and oxygen atoms in total. The zero-order valence-electron chi connectivity index (χ0n) is 15.7. The van der Waals surface area contributed by atoms with Crippen molar-refractivity contribution < 1.29 is 27.6 Å². The molecule has 0 N–H and O–H groups in total. The van der Waals surface area contributed by atoms with Gasteiger partial charge in [0.25, 0.3) is 0 Å². The first kappa shape index (κ1) is 20.7. The fourth-order valence-electron chi connectivity index (χ4n) is 3.11. The zero-order chi connectivity index (χ0) is 21.0. The molecule has 1 saturated heterocycles. The Morgan fingerprint density at radius 2 is 1.79 bits per heavy atom. The lowest BCUT2D eigenvalue weighted by Crippen LogP contribution is -2.36. The molecule has 0 radical (unpaired) electrons. The first-order valence-corrected chi connectivity index (χ1v) is 10.4. The summed E-state index contributed by atoms with van der Waals surface area (Å²) in [7, 11) is -2.53. The molecule has 0 bridgehead atoms. The van der Waals surface area contributed by atoms with Gasteiger partial charge in [-0.25, -0.2) is 13.2 Å². The van der Waals surface area contributed by atoms with E-state index in [1.807, 2.05) is 0 Å². The molecular formula is C19H20N2O7S. The average Bonchev–Trinajstić information content (AvgIpc) is 2.74. The van der Waals surface area contributed by atoms with Crippen LogP contribution in [0.3, 0.4) is 0 Å². The van der Waals surface area contributed by atoms with Gasteiger partial charge in [-0.3, -0.25) is 10.1 Å². The van der Waals surface area contributed by atoms with Gasteiger partial charge in [-0.2, -0.15) is 4.31 Å². The summed E-state index contributed by atoms with van der Waals surface area (Å²) in [5.74, 6) is -1.06. The Balaban J connectivity index is 1.95. The molecule has 1 fully saturated rings. The molecule has 3 rings (SSSR count). The van der Waals surface area contributed by atoms with Crippen LogP contribution < -0.4 is 9.47 Å². The van der Waals surface area contributed by atoms with Gasteiger partial charge in [0.2, 0.25) is 15.8 Å². The molecule has 0 saturated carbocycles. The van der Waals surface area contributed by atoms with E-state index >= 15 is 0 Å². The van der Waals surface area contributed by atoms with Crippen molar-refractivity contribution in [2.75, 3.05) is 20.2 Å². The monoisotopic (exact) mass is 420 g/mol. The van der Waals surface area contributed by atoms with Crippen molar-refractivity contribution in [2.45, 2.75) is 24.2 Å². The van der Waals surface area contributed by atoms with Gasteiger partial charge in [-0.15, -0.1) is 0 Å². The SMILES string of the molecule is COc1ccc(OC(=O)c2ccccc2S(=O)(=O)N2CCCCC2)c([N+](=O)[O-])c1. The summed E-state index contributed by atoms with van der Waals surface area (Å²) in [4.78, 5) is 23.1. The lowest BCUT2D eigenvalue weighted by Gasteiger charge is -2.26. The highest BCUT2D eigenvalue weighted by atomic mass is 32.2. The molecule has 0 aromatic heterocycles. The summed E-state index contributed by atoms with van der Waals surface area (Å²) in [5, 5.41) is 11.3. The van der Waals surface area contributed by atoms with Crippen LogP contribution in [0.1, 0.15) is 29.6 Å². The lowest BCUT2D eigenvalue weighted by molar-refractivity contribution is -0.385. The molecule has 0 spiro atoms. The fraction of sp³-hybridized carbons (Fsp3) is 0.316. The number of carbonyl (C=O) groups excluding carboxylic acids is 1. The van der Waals surface area contributed by atoms with E-state index in [4.69, 9.17) is 9.47 Å². The number of piperidine rings is 1. The predicted molar refractivity (Wildman–Crippen MR) is 104 cm³/mol. The summed E-state index contributed by atoms with van der Waals surface area (Å²) < 4.78 is 37.5. The van der Waals surface area contributed by atoms with E-state index < -0.39 is 26.6 Å². The Morgan fingerprint density at radius 3 is 2.45 bits per heavy atom. The Bertz CT molecular complexity index is 1030. The molecule has 1 heterocycles. The zero-order valence-corrected chi connectivity index (χ0v) is 16.6. The summed E-state index contributed by atoms with van der Waals surface area (Å²) in [5.41, 5.74) is -0.641. The van der Waals surface area contributed by atoms with Gasteiger partial charge in [0.05, 0.1) is 28.6 Å². The van der Waals surface area contributed by atoms with Crippen LogP contribution >= 0.6 is 0 Å². The smallest absolute Gasteiger partial charge is 0.345 e. The Morgan fingerprint density at radius 1 is 1.10 bits per heavy atom. The molecule has 0 atom stereocenters. The molecule has 2 aromatic carbocycles. The van der Waals surface area contributed by atoms with Crippen LogP contribution in [0.15, 0.2) is 47.4 Å². The number of hydrogen-bond donors (Lipinski definition) is 0. The number of rotatable bonds is 6. The topological polar surface area (TPSA) is 116 Å². The van der Waals surface area contributed by atoms with E-state index in [1.165, 1.54) is 47.8 Å². The number of esters is 1. The second-order valence-electron chi connectivity index (χ2n) is 6.44. The van der Waals surface area contributed by atoms with Crippen LogP contribution in [0.4, 0.5) is 5.69 Å². The van der Waals surface area contributed by atoms with Gasteiger partial charge < -0.3 is 9.47 Å². The van der Waals surface area contributed by atoms with Crippen molar-refractivity contribution in [2.24, 2.45) is 0 Å². The number of nitro benzene ring substituents is 1. The minimum atomic E-state index is -3.89. The lowest BCUT2D eigenvalue weighted by atomic mass is 10.2. The molecule has 0 amide bonds. The van der Waals surface area contributed by atoms with Crippen LogP contribution in [0.25, 0.3) is 0 Å². The van der Waals surface area contributed by atoms with Crippen molar-refractivity contribution in [3.63, 3.8) is 0 Å². The third-order valence-corrected chi connectivity index (χ3v) is 6.56. The standard InChI is InChI=1S/C19H20N2O7S/c1-27-14-9-10-17(16(13-14)21(23)24)28-19(22)15-7-3-4-8-18(15)29(25,26)20-11-5-2-6-12-20/h3-4,7-10,13H,2,5-6,11-12H2,1H3. The van der Waals surface area contributed by atoms with Crippen LogP contribution in [0.5, 0.6) is 11.5 Å². The highest BCUT2D eigenvalue weighted by Crippen LogP contribution is 2.32. The number of sulfonamides is 1. The maximum Gasteiger partial charge on any atom is 0.345 e. The minimum Gasteiger partial charge on any atom is -0.496 e. The van der Waals surface area contributed by atoms with Gasteiger partial charge in [0, 0.05) is 13.1 Å². The van der Waals surface area contributed by atoms with Crippen LogP contribution in [0.2, 0.25) is 0 Å². The van der Waals surface area contributed by atoms with Gasteiger partial charge in [-0.1, -0.05) is 18.6 Å². The Labute approximate surface area is 168 Å². The summed E-state index contributed by atoms with van der Waals surface area (Å²) in [6, 6.07) is 9.46. The van der Waals surface area contributed by atoms with Crippen molar-refractivity contribution >= 4 is 21.7 Å². The second-order valence-corrected chi connectivity index (χ2v) is 8.35. The predicted octanol–water partition coefficient (Wildman–Crippen LogP) is 3.00. The first-order valence-electron chi connectivity index (χ1n) is 8.98. The van der Waals surface area contributed by atoms with E-state index in [0.717, 1.165) is 25.3 Å². The van der Waals surface area contributed by atoms with Crippen molar-refractivity contribution in [1.29, 1.82) is 0 Å². The second kappa shape index (κ2) is 8.58. The van der Waals surface area contributed by atoms with E-state index in [9.17, 15) is 23.3 Å². The maximum absolute atomic E-state index is 13.0. The Hall–Kier alpha value is -2.98. The van der Waals surface area contributed by atoms with E-state index in [1.54, 1.807) is 0 Å². The van der Waals surface area contributed by atoms with Crippen LogP contribution in [-0.4, -0.2) is 43.8 Å². The first-order chi connectivity index (χ1) is 13.8. The fourth-order valence-corrected chi connectivity index (χ4v) is 4.81. The number of nitro groups is 1. The third kappa shape index (κ3) is 4.38. The molecule has 29 heavy (non-hydrogen) atoms. The summed E-state index contributed by atoms with van der Waals surface area (Å²) in [6.07, 6.45) is 2.46. The van der Waals surface area contributed by atoms with Gasteiger partial charge in [0.15, 0.2) is 0 Å². The molecule has 1 aliphatic rings. The highest BCUT2D eigenvalue weighted by Gasteiger charge is 2.31. The van der Waals surface area contributed by atoms with E-state index in [-0.39, 0.29) is 22.0 Å². The number of methoxy groups -OCH3 is 1. The highest BCUT2D eigenvalue weighted by molar-refractivity contribution is 7.89. The van der Waals surface area contributed by atoms with E-state index in [2.05, 4.69) is 0 Å². The minimum absolute atomic E-state index is 0.178. The van der Waals surface area contributed by atoms with Crippen LogP contribution in [0, 0.1) is 10.1 Å². The largest absolute Gasteiger partial charge is 0.496 e. The average molecular weight is 420 g/mol. The van der Waals surface area contributed by atoms with Gasteiger partial charge >= 0.3 is 11.7 Å². The summed E-state index contributed by atoms with van der Waals surface area (Å²) >= 11 is 0. The van der Waals surface area contributed by atoms with Gasteiger partial charge in [-0.05, 0) is 37.1 Å². The maximum atomic E-state index is 13.0. The Kier molecular flexibility index (Phi) is 6.14. The van der Waals surface area contributed by atoms with Crippen LogP contribution in [-0.2, 0) is 10.0 Å². The molecule has 0 unspecified atom stereocenters. The molecule has 1 aliphatic heterocycles. The molecule has 10 heteroatoms. The molecular weight excluding hydrogens is 400 g/mol. The summed E-state index contributed by atoms with van der Waals surface area (Å²) in [6.45, 7) is 0.769. The van der Waals surface area contributed by atoms with Crippen molar-refractivity contribution in [1.82, 2.24) is 4.31 Å². The quantitative estimate of drug-likeness (QED) is 0.305. The third-order valence-electron chi connectivity index (χ3n) is 4.61. The number of benzene rings is 2. The van der Waals surface area contributed by atoms with Gasteiger partial charge in [0.1, 0.15) is 5.75 Å². The number of hydrogen-bond acceptors (Lipinski definition) is 7. The number of nitrogens with zero attached hydrogens (tertiary/aromatic N) is 2. The number of carbonyl (C=O) groups is 1.